The molecule has 4 aliphatic rings. The van der Waals surface area contributed by atoms with E-state index in [1.54, 1.807) is 6.92 Å². The van der Waals surface area contributed by atoms with E-state index in [0.717, 1.165) is 32.1 Å². The summed E-state index contributed by atoms with van der Waals surface area (Å²) in [6.07, 6.45) is 17.5. The number of hydrogen-bond donors (Lipinski definition) is 3. The van der Waals surface area contributed by atoms with Gasteiger partial charge in [0, 0.05) is 5.54 Å². The zero-order valence-corrected chi connectivity index (χ0v) is 20.7. The molecule has 0 aliphatic heterocycles. The van der Waals surface area contributed by atoms with Gasteiger partial charge in [-0.05, 0) is 125 Å². The van der Waals surface area contributed by atoms with Gasteiger partial charge in [-0.1, -0.05) is 26.7 Å². The second kappa shape index (κ2) is 7.48. The van der Waals surface area contributed by atoms with Gasteiger partial charge in [0.15, 0.2) is 0 Å². The molecule has 0 spiro atoms. The van der Waals surface area contributed by atoms with Crippen LogP contribution in [0.1, 0.15) is 105 Å². The molecule has 0 aromatic carbocycles. The average Bonchev–Trinajstić information content (AvgIpc) is 3.05. The Hall–Kier alpha value is -0.560. The molecule has 10 atom stereocenters. The van der Waals surface area contributed by atoms with Gasteiger partial charge in [0.25, 0.3) is 0 Å². The second-order valence-corrected chi connectivity index (χ2v) is 13.3. The third-order valence-corrected chi connectivity index (χ3v) is 11.3. The van der Waals surface area contributed by atoms with Crippen LogP contribution in [0, 0.1) is 52.8 Å². The maximum Gasteiger partial charge on any atom is 0.122 e. The number of nitrogens with two attached hydrogens (primary N) is 1. The van der Waals surface area contributed by atoms with Crippen molar-refractivity contribution in [1.29, 1.82) is 0 Å². The molecule has 0 amide bonds. The van der Waals surface area contributed by atoms with Crippen LogP contribution in [0.25, 0.3) is 0 Å². The van der Waals surface area contributed by atoms with Crippen molar-refractivity contribution in [2.24, 2.45) is 46.2 Å². The van der Waals surface area contributed by atoms with Crippen LogP contribution < -0.4 is 5.73 Å². The van der Waals surface area contributed by atoms with Crippen molar-refractivity contribution in [2.45, 2.75) is 122 Å². The van der Waals surface area contributed by atoms with E-state index in [1.165, 1.54) is 32.1 Å². The number of hydrogen-bond acceptors (Lipinski definition) is 3. The third-order valence-electron chi connectivity index (χ3n) is 11.3. The van der Waals surface area contributed by atoms with E-state index in [-0.39, 0.29) is 11.0 Å². The summed E-state index contributed by atoms with van der Waals surface area (Å²) in [5.74, 6) is 5.58. The fourth-order valence-corrected chi connectivity index (χ4v) is 9.41. The molecular formula is C28H47NO2. The van der Waals surface area contributed by atoms with E-state index in [2.05, 4.69) is 26.7 Å². The molecule has 1 unspecified atom stereocenters. The molecule has 3 nitrogen and oxygen atoms in total. The lowest BCUT2D eigenvalue weighted by Gasteiger charge is -2.66. The lowest BCUT2D eigenvalue weighted by Crippen LogP contribution is -2.68. The van der Waals surface area contributed by atoms with Crippen molar-refractivity contribution in [1.82, 2.24) is 0 Å². The van der Waals surface area contributed by atoms with Gasteiger partial charge in [0.05, 0.1) is 5.60 Å². The molecule has 4 fully saturated rings. The van der Waals surface area contributed by atoms with Crippen molar-refractivity contribution in [3.8, 4) is 12.3 Å². The highest BCUT2D eigenvalue weighted by Gasteiger charge is 2.66. The van der Waals surface area contributed by atoms with Gasteiger partial charge < -0.3 is 15.9 Å². The molecule has 3 heteroatoms. The van der Waals surface area contributed by atoms with Gasteiger partial charge in [-0.2, -0.15) is 0 Å². The summed E-state index contributed by atoms with van der Waals surface area (Å²) in [6, 6.07) is 0. The monoisotopic (exact) mass is 429 g/mol. The summed E-state index contributed by atoms with van der Waals surface area (Å²) in [5.41, 5.74) is 6.54. The van der Waals surface area contributed by atoms with E-state index in [9.17, 15) is 10.2 Å². The Morgan fingerprint density at radius 2 is 1.71 bits per heavy atom. The van der Waals surface area contributed by atoms with Crippen LogP contribution in [0.3, 0.4) is 0 Å². The molecule has 4 saturated carbocycles. The number of rotatable bonds is 4. The molecule has 0 heterocycles. The SMILES string of the molecule is C#CC(C)(O)CC[C@@H](C)[C@H]1CC[C@@H]2[C@]1(C)CC[C@@H]1[C@@]3(C)CC[C@](C)(O)C[C@@H]3CC[C@]12N. The van der Waals surface area contributed by atoms with Crippen molar-refractivity contribution < 1.29 is 10.2 Å². The van der Waals surface area contributed by atoms with Crippen LogP contribution in [0.4, 0.5) is 0 Å². The van der Waals surface area contributed by atoms with Crippen molar-refractivity contribution in [3.05, 3.63) is 0 Å². The van der Waals surface area contributed by atoms with Crippen LogP contribution in [-0.4, -0.2) is 27.0 Å². The predicted molar refractivity (Wildman–Crippen MR) is 127 cm³/mol. The molecule has 0 aromatic heterocycles. The first-order valence-corrected chi connectivity index (χ1v) is 13.0. The third kappa shape index (κ3) is 3.70. The number of aliphatic hydroxyl groups is 2. The zero-order valence-electron chi connectivity index (χ0n) is 20.7. The first-order valence-electron chi connectivity index (χ1n) is 13.0. The van der Waals surface area contributed by atoms with E-state index in [0.29, 0.717) is 41.4 Å². The normalized spacial score (nSPS) is 52.2. The van der Waals surface area contributed by atoms with Crippen LogP contribution in [0.2, 0.25) is 0 Å². The smallest absolute Gasteiger partial charge is 0.122 e. The lowest BCUT2D eigenvalue weighted by atomic mass is 9.41. The fraction of sp³-hybridized carbons (Fsp3) is 0.929. The van der Waals surface area contributed by atoms with Gasteiger partial charge in [-0.25, -0.2) is 0 Å². The van der Waals surface area contributed by atoms with Crippen LogP contribution in [0.5, 0.6) is 0 Å². The molecule has 176 valence electrons. The average molecular weight is 430 g/mol. The van der Waals surface area contributed by atoms with E-state index >= 15 is 0 Å². The summed E-state index contributed by atoms with van der Waals surface area (Å²) in [6.45, 7) is 11.2. The molecule has 4 N–H and O–H groups in total. The molecular weight excluding hydrogens is 382 g/mol. The van der Waals surface area contributed by atoms with E-state index in [4.69, 9.17) is 12.2 Å². The Morgan fingerprint density at radius 1 is 1.03 bits per heavy atom. The van der Waals surface area contributed by atoms with Gasteiger partial charge in [-0.15, -0.1) is 6.42 Å². The quantitative estimate of drug-likeness (QED) is 0.533. The highest BCUT2D eigenvalue weighted by molar-refractivity contribution is 5.19. The predicted octanol–water partition coefficient (Wildman–Crippen LogP) is 5.28. The van der Waals surface area contributed by atoms with Crippen molar-refractivity contribution in [2.75, 3.05) is 0 Å². The Morgan fingerprint density at radius 3 is 2.39 bits per heavy atom. The molecule has 0 saturated heterocycles. The van der Waals surface area contributed by atoms with Crippen LogP contribution >= 0.6 is 0 Å². The summed E-state index contributed by atoms with van der Waals surface area (Å²) in [7, 11) is 0. The first kappa shape index (κ1) is 23.6. The standard InChI is InChI=1S/C28H47NO2/c1-7-24(3,30)13-10-19(2)21-8-9-22-27(21,6)14-12-23-26(5)17-16-25(4,31)18-20(26)11-15-28(22,23)29/h1,19-23,30-31H,8-18,29H2,2-6H3/t19-,20+,21-,22-,23-,24?,25+,26+,27-,28-/m1/s1. The van der Waals surface area contributed by atoms with Gasteiger partial charge in [0.1, 0.15) is 5.60 Å². The Balaban J connectivity index is 1.54. The van der Waals surface area contributed by atoms with Gasteiger partial charge in [-0.3, -0.25) is 0 Å². The molecule has 0 bridgehead atoms. The largest absolute Gasteiger partial charge is 0.390 e. The lowest BCUT2D eigenvalue weighted by molar-refractivity contribution is -0.158. The Labute approximate surface area is 190 Å². The van der Waals surface area contributed by atoms with Crippen LogP contribution in [-0.2, 0) is 0 Å². The molecule has 4 rings (SSSR count). The Bertz CT molecular complexity index is 738. The number of fused-ring (bicyclic) bond motifs is 5. The van der Waals surface area contributed by atoms with Crippen LogP contribution in [0.15, 0.2) is 0 Å². The summed E-state index contributed by atoms with van der Waals surface area (Å²) in [5, 5.41) is 21.0. The first-order chi connectivity index (χ1) is 14.3. The Kier molecular flexibility index (Phi) is 5.69. The number of terminal acetylenes is 1. The van der Waals surface area contributed by atoms with Crippen molar-refractivity contribution >= 4 is 0 Å². The van der Waals surface area contributed by atoms with E-state index in [1.807, 2.05) is 6.92 Å². The minimum atomic E-state index is -0.991. The van der Waals surface area contributed by atoms with Gasteiger partial charge >= 0.3 is 0 Å². The van der Waals surface area contributed by atoms with Gasteiger partial charge in [0.2, 0.25) is 0 Å². The molecule has 31 heavy (non-hydrogen) atoms. The summed E-state index contributed by atoms with van der Waals surface area (Å²) >= 11 is 0. The maximum absolute atomic E-state index is 10.7. The maximum atomic E-state index is 10.7. The second-order valence-electron chi connectivity index (χ2n) is 13.3. The van der Waals surface area contributed by atoms with Crippen molar-refractivity contribution in [3.63, 3.8) is 0 Å². The minimum absolute atomic E-state index is 0.0553. The zero-order chi connectivity index (χ0) is 22.9. The summed E-state index contributed by atoms with van der Waals surface area (Å²) in [4.78, 5) is 0. The molecule has 0 aromatic rings. The highest BCUT2D eigenvalue weighted by Crippen LogP contribution is 2.69. The highest BCUT2D eigenvalue weighted by atomic mass is 16.3. The minimum Gasteiger partial charge on any atom is -0.390 e. The topological polar surface area (TPSA) is 66.5 Å². The summed E-state index contributed by atoms with van der Waals surface area (Å²) < 4.78 is 0. The fourth-order valence-electron chi connectivity index (χ4n) is 9.41. The molecule has 0 radical (unpaired) electrons. The van der Waals surface area contributed by atoms with E-state index < -0.39 is 11.2 Å². The molecule has 4 aliphatic carbocycles.